The van der Waals surface area contributed by atoms with Crippen LogP contribution in [0.2, 0.25) is 0 Å². The Balaban J connectivity index is 2.48. The Kier molecular flexibility index (Phi) is 5.71. The highest BCUT2D eigenvalue weighted by Crippen LogP contribution is 2.22. The highest BCUT2D eigenvalue weighted by Gasteiger charge is 2.00. The zero-order valence-corrected chi connectivity index (χ0v) is 11.1. The second-order valence-corrected chi connectivity index (χ2v) is 5.64. The molecule has 2 nitrogen and oxygen atoms in total. The van der Waals surface area contributed by atoms with Crippen molar-refractivity contribution < 1.29 is 4.79 Å². The highest BCUT2D eigenvalue weighted by molar-refractivity contribution is 7.99. The summed E-state index contributed by atoms with van der Waals surface area (Å²) >= 11 is 7.21. The van der Waals surface area contributed by atoms with Crippen LogP contribution in [0.4, 0.5) is 0 Å². The highest BCUT2D eigenvalue weighted by atomic mass is 35.5. The van der Waals surface area contributed by atoms with Gasteiger partial charge >= 0.3 is 0 Å². The van der Waals surface area contributed by atoms with Gasteiger partial charge in [-0.3, -0.25) is 4.79 Å². The molecule has 1 aromatic rings. The van der Waals surface area contributed by atoms with Crippen molar-refractivity contribution in [2.24, 2.45) is 0 Å². The topological polar surface area (TPSA) is 29.1 Å². The normalized spacial score (nSPS) is 10.5. The molecule has 0 unspecified atom stereocenters. The largest absolute Gasteiger partial charge is 0.351 e. The van der Waals surface area contributed by atoms with Gasteiger partial charge in [0.05, 0.1) is 0 Å². The molecule has 1 aromatic carbocycles. The number of hydrogen-bond donors (Lipinski definition) is 1. The van der Waals surface area contributed by atoms with Crippen LogP contribution in [0.15, 0.2) is 29.2 Å². The molecular weight excluding hydrogens is 242 g/mol. The summed E-state index contributed by atoms with van der Waals surface area (Å²) < 4.78 is 0. The van der Waals surface area contributed by atoms with Crippen LogP contribution >= 0.6 is 23.4 Å². The summed E-state index contributed by atoms with van der Waals surface area (Å²) in [4.78, 5) is 12.2. The Hall–Kier alpha value is -0.670. The average Bonchev–Trinajstić information content (AvgIpc) is 2.27. The summed E-state index contributed by atoms with van der Waals surface area (Å²) in [5.41, 5.74) is 1.09. The minimum absolute atomic E-state index is 0.0152. The molecule has 0 saturated carbocycles. The lowest BCUT2D eigenvalue weighted by Gasteiger charge is -2.06. The van der Waals surface area contributed by atoms with Crippen LogP contribution in [0, 0.1) is 0 Å². The van der Waals surface area contributed by atoms with E-state index in [4.69, 9.17) is 11.6 Å². The molecule has 1 amide bonds. The molecule has 0 aliphatic carbocycles. The Morgan fingerprint density at radius 3 is 2.50 bits per heavy atom. The van der Waals surface area contributed by atoms with Gasteiger partial charge in [0.2, 0.25) is 5.91 Å². The second-order valence-electron chi connectivity index (χ2n) is 3.72. The van der Waals surface area contributed by atoms with E-state index in [0.29, 0.717) is 11.8 Å². The number of carbonyl (C=O) groups is 1. The molecule has 4 heteroatoms. The predicted octanol–water partition coefficient (Wildman–Crippen LogP) is 3.04. The van der Waals surface area contributed by atoms with Crippen molar-refractivity contribution in [3.63, 3.8) is 0 Å². The molecule has 88 valence electrons. The molecule has 0 aromatic heterocycles. The SMILES string of the molecule is CC(C)Sc1ccc(CNC(=O)CCl)cc1. The molecule has 0 bridgehead atoms. The van der Waals surface area contributed by atoms with Gasteiger partial charge in [-0.25, -0.2) is 0 Å². The van der Waals surface area contributed by atoms with Gasteiger partial charge in [0.15, 0.2) is 0 Å². The van der Waals surface area contributed by atoms with Crippen LogP contribution in [0.1, 0.15) is 19.4 Å². The lowest BCUT2D eigenvalue weighted by Crippen LogP contribution is -2.23. The Morgan fingerprint density at radius 1 is 1.38 bits per heavy atom. The summed E-state index contributed by atoms with van der Waals surface area (Å²) in [6, 6.07) is 8.21. The Labute approximate surface area is 106 Å². The van der Waals surface area contributed by atoms with Gasteiger partial charge in [0.25, 0.3) is 0 Å². The first kappa shape index (κ1) is 13.4. The van der Waals surface area contributed by atoms with E-state index < -0.39 is 0 Å². The number of alkyl halides is 1. The van der Waals surface area contributed by atoms with Crippen molar-refractivity contribution in [1.29, 1.82) is 0 Å². The molecule has 1 rings (SSSR count). The number of rotatable bonds is 5. The smallest absolute Gasteiger partial charge is 0.235 e. The molecule has 0 radical (unpaired) electrons. The first-order chi connectivity index (χ1) is 7.61. The van der Waals surface area contributed by atoms with Gasteiger partial charge in [-0.2, -0.15) is 0 Å². The fourth-order valence-electron chi connectivity index (χ4n) is 1.21. The lowest BCUT2D eigenvalue weighted by molar-refractivity contribution is -0.118. The van der Waals surface area contributed by atoms with Gasteiger partial charge < -0.3 is 5.32 Å². The quantitative estimate of drug-likeness (QED) is 0.649. The number of halogens is 1. The number of amides is 1. The fourth-order valence-corrected chi connectivity index (χ4v) is 2.14. The molecule has 0 heterocycles. The second kappa shape index (κ2) is 6.81. The maximum atomic E-state index is 11.0. The minimum Gasteiger partial charge on any atom is -0.351 e. The molecule has 0 saturated heterocycles. The van der Waals surface area contributed by atoms with Crippen LogP contribution in [-0.4, -0.2) is 17.0 Å². The Bertz CT molecular complexity index is 337. The van der Waals surface area contributed by atoms with E-state index in [1.165, 1.54) is 4.90 Å². The predicted molar refractivity (Wildman–Crippen MR) is 70.0 cm³/mol. The third-order valence-electron chi connectivity index (χ3n) is 1.91. The van der Waals surface area contributed by atoms with E-state index in [9.17, 15) is 4.79 Å². The Morgan fingerprint density at radius 2 is 2.00 bits per heavy atom. The lowest BCUT2D eigenvalue weighted by atomic mass is 10.2. The summed E-state index contributed by atoms with van der Waals surface area (Å²) in [5.74, 6) is -0.122. The first-order valence-electron chi connectivity index (χ1n) is 5.20. The average molecular weight is 258 g/mol. The third-order valence-corrected chi connectivity index (χ3v) is 3.16. The van der Waals surface area contributed by atoms with E-state index >= 15 is 0 Å². The number of carbonyl (C=O) groups excluding carboxylic acids is 1. The molecule has 1 N–H and O–H groups in total. The van der Waals surface area contributed by atoms with Crippen LogP contribution in [0.25, 0.3) is 0 Å². The summed E-state index contributed by atoms with van der Waals surface area (Å²) in [7, 11) is 0. The van der Waals surface area contributed by atoms with E-state index in [1.807, 2.05) is 23.9 Å². The van der Waals surface area contributed by atoms with Crippen LogP contribution in [0.3, 0.4) is 0 Å². The maximum absolute atomic E-state index is 11.0. The molecule has 0 spiro atoms. The summed E-state index contributed by atoms with van der Waals surface area (Å²) in [5, 5.41) is 3.32. The standard InChI is InChI=1S/C12H16ClNOS/c1-9(2)16-11-5-3-10(4-6-11)8-14-12(15)7-13/h3-6,9H,7-8H2,1-2H3,(H,14,15). The van der Waals surface area contributed by atoms with Gasteiger partial charge in [0.1, 0.15) is 5.88 Å². The van der Waals surface area contributed by atoms with Crippen molar-refractivity contribution in [3.05, 3.63) is 29.8 Å². The zero-order chi connectivity index (χ0) is 12.0. The number of thioether (sulfide) groups is 1. The first-order valence-corrected chi connectivity index (χ1v) is 6.61. The van der Waals surface area contributed by atoms with Crippen molar-refractivity contribution in [2.75, 3.05) is 5.88 Å². The van der Waals surface area contributed by atoms with Gasteiger partial charge in [-0.05, 0) is 17.7 Å². The third kappa shape index (κ3) is 4.90. The van der Waals surface area contributed by atoms with Crippen molar-refractivity contribution in [2.45, 2.75) is 30.5 Å². The molecular formula is C12H16ClNOS. The molecule has 0 fully saturated rings. The van der Waals surface area contributed by atoms with Crippen molar-refractivity contribution in [1.82, 2.24) is 5.32 Å². The molecule has 0 aliphatic rings. The van der Waals surface area contributed by atoms with Gasteiger partial charge in [-0.1, -0.05) is 26.0 Å². The van der Waals surface area contributed by atoms with Crippen LogP contribution in [0.5, 0.6) is 0 Å². The van der Waals surface area contributed by atoms with Gasteiger partial charge in [-0.15, -0.1) is 23.4 Å². The van der Waals surface area contributed by atoms with Crippen LogP contribution < -0.4 is 5.32 Å². The number of nitrogens with one attached hydrogen (secondary N) is 1. The van der Waals surface area contributed by atoms with E-state index in [1.54, 1.807) is 0 Å². The number of benzene rings is 1. The molecule has 0 aliphatic heterocycles. The van der Waals surface area contributed by atoms with E-state index in [0.717, 1.165) is 5.56 Å². The summed E-state index contributed by atoms with van der Waals surface area (Å²) in [6.07, 6.45) is 0. The van der Waals surface area contributed by atoms with Gasteiger partial charge in [0, 0.05) is 16.7 Å². The molecule has 16 heavy (non-hydrogen) atoms. The molecule has 0 atom stereocenters. The van der Waals surface area contributed by atoms with Crippen molar-refractivity contribution >= 4 is 29.3 Å². The monoisotopic (exact) mass is 257 g/mol. The fraction of sp³-hybridized carbons (Fsp3) is 0.417. The zero-order valence-electron chi connectivity index (χ0n) is 9.50. The summed E-state index contributed by atoms with van der Waals surface area (Å²) in [6.45, 7) is 4.87. The van der Waals surface area contributed by atoms with Crippen LogP contribution in [-0.2, 0) is 11.3 Å². The minimum atomic E-state index is -0.137. The maximum Gasteiger partial charge on any atom is 0.235 e. The van der Waals surface area contributed by atoms with E-state index in [-0.39, 0.29) is 11.8 Å². The number of hydrogen-bond acceptors (Lipinski definition) is 2. The van der Waals surface area contributed by atoms with E-state index in [2.05, 4.69) is 31.3 Å². The van der Waals surface area contributed by atoms with Crippen molar-refractivity contribution in [3.8, 4) is 0 Å².